The lowest BCUT2D eigenvalue weighted by atomic mass is 9.80. The van der Waals surface area contributed by atoms with E-state index in [0.717, 1.165) is 44.1 Å². The van der Waals surface area contributed by atoms with Crippen LogP contribution in [0.1, 0.15) is 59.8 Å². The van der Waals surface area contributed by atoms with Crippen LogP contribution in [0.25, 0.3) is 0 Å². The van der Waals surface area contributed by atoms with Gasteiger partial charge in [-0.15, -0.1) is 0 Å². The van der Waals surface area contributed by atoms with Gasteiger partial charge >= 0.3 is 0 Å². The molecule has 0 aromatic carbocycles. The van der Waals surface area contributed by atoms with Gasteiger partial charge in [-0.1, -0.05) is 27.7 Å². The zero-order chi connectivity index (χ0) is 13.4. The second-order valence-electron chi connectivity index (χ2n) is 6.63. The average Bonchev–Trinajstić information content (AvgIpc) is 2.34. The molecule has 0 radical (unpaired) electrons. The summed E-state index contributed by atoms with van der Waals surface area (Å²) in [5.41, 5.74) is 0. The summed E-state index contributed by atoms with van der Waals surface area (Å²) in [6.45, 7) is 12.1. The predicted octanol–water partition coefficient (Wildman–Crippen LogP) is 3.85. The summed E-state index contributed by atoms with van der Waals surface area (Å²) in [6, 6.07) is 0.769. The first-order valence-corrected chi connectivity index (χ1v) is 7.90. The third-order valence-electron chi connectivity index (χ3n) is 4.06. The molecular formula is C16H33NO. The third-order valence-corrected chi connectivity index (χ3v) is 4.06. The maximum absolute atomic E-state index is 5.59. The van der Waals surface area contributed by atoms with E-state index in [9.17, 15) is 0 Å². The van der Waals surface area contributed by atoms with E-state index in [4.69, 9.17) is 4.74 Å². The molecule has 0 bridgehead atoms. The molecule has 1 aliphatic rings. The molecule has 0 spiro atoms. The molecule has 0 heterocycles. The molecule has 108 valence electrons. The maximum Gasteiger partial charge on any atom is 0.0489 e. The van der Waals surface area contributed by atoms with E-state index in [1.807, 2.05) is 0 Å². The molecule has 1 saturated carbocycles. The summed E-state index contributed by atoms with van der Waals surface area (Å²) in [4.78, 5) is 0. The molecule has 1 fully saturated rings. The SMILES string of the molecule is CC(C)COCCCNC1CCC(C(C)C)CC1. The lowest BCUT2D eigenvalue weighted by Crippen LogP contribution is -2.35. The molecular weight excluding hydrogens is 222 g/mol. The molecule has 0 aromatic heterocycles. The van der Waals surface area contributed by atoms with Gasteiger partial charge in [0.15, 0.2) is 0 Å². The Morgan fingerprint density at radius 1 is 1.06 bits per heavy atom. The fourth-order valence-electron chi connectivity index (χ4n) is 2.79. The van der Waals surface area contributed by atoms with Gasteiger partial charge in [0.2, 0.25) is 0 Å². The molecule has 2 nitrogen and oxygen atoms in total. The minimum atomic E-state index is 0.657. The normalized spacial score (nSPS) is 25.0. The Hall–Kier alpha value is -0.0800. The van der Waals surface area contributed by atoms with E-state index < -0.39 is 0 Å². The Kier molecular flexibility index (Phi) is 7.92. The first-order chi connectivity index (χ1) is 8.59. The predicted molar refractivity (Wildman–Crippen MR) is 78.9 cm³/mol. The first kappa shape index (κ1) is 16.0. The van der Waals surface area contributed by atoms with E-state index in [1.54, 1.807) is 0 Å². The van der Waals surface area contributed by atoms with Crippen LogP contribution in [0.15, 0.2) is 0 Å². The van der Waals surface area contributed by atoms with Crippen LogP contribution in [0.3, 0.4) is 0 Å². The summed E-state index contributed by atoms with van der Waals surface area (Å²) in [6.07, 6.45) is 6.72. The molecule has 0 unspecified atom stereocenters. The van der Waals surface area contributed by atoms with E-state index in [1.165, 1.54) is 25.7 Å². The fourth-order valence-corrected chi connectivity index (χ4v) is 2.79. The summed E-state index contributed by atoms with van der Waals surface area (Å²) < 4.78 is 5.59. The summed E-state index contributed by atoms with van der Waals surface area (Å²) in [5, 5.41) is 3.69. The number of rotatable bonds is 8. The van der Waals surface area contributed by atoms with Gasteiger partial charge < -0.3 is 10.1 Å². The smallest absolute Gasteiger partial charge is 0.0489 e. The van der Waals surface area contributed by atoms with Crippen LogP contribution in [0.5, 0.6) is 0 Å². The van der Waals surface area contributed by atoms with Crippen LogP contribution >= 0.6 is 0 Å². The van der Waals surface area contributed by atoms with Crippen LogP contribution < -0.4 is 5.32 Å². The van der Waals surface area contributed by atoms with Crippen molar-refractivity contribution in [2.75, 3.05) is 19.8 Å². The molecule has 1 rings (SSSR count). The largest absolute Gasteiger partial charge is 0.381 e. The van der Waals surface area contributed by atoms with E-state index in [2.05, 4.69) is 33.0 Å². The zero-order valence-electron chi connectivity index (χ0n) is 12.9. The topological polar surface area (TPSA) is 21.3 Å². The minimum absolute atomic E-state index is 0.657. The first-order valence-electron chi connectivity index (χ1n) is 7.90. The van der Waals surface area contributed by atoms with Gasteiger partial charge in [0.25, 0.3) is 0 Å². The second kappa shape index (κ2) is 8.92. The molecule has 18 heavy (non-hydrogen) atoms. The highest BCUT2D eigenvalue weighted by Crippen LogP contribution is 2.29. The van der Waals surface area contributed by atoms with Crippen LogP contribution in [-0.2, 0) is 4.74 Å². The molecule has 0 saturated heterocycles. The van der Waals surface area contributed by atoms with Gasteiger partial charge in [-0.2, -0.15) is 0 Å². The van der Waals surface area contributed by atoms with Crippen molar-refractivity contribution in [3.8, 4) is 0 Å². The highest BCUT2D eigenvalue weighted by molar-refractivity contribution is 4.78. The molecule has 1 N–H and O–H groups in total. The van der Waals surface area contributed by atoms with E-state index in [-0.39, 0.29) is 0 Å². The Morgan fingerprint density at radius 2 is 1.72 bits per heavy atom. The van der Waals surface area contributed by atoms with Crippen molar-refractivity contribution in [3.63, 3.8) is 0 Å². The van der Waals surface area contributed by atoms with Crippen LogP contribution in [0.2, 0.25) is 0 Å². The number of ether oxygens (including phenoxy) is 1. The molecule has 0 aromatic rings. The van der Waals surface area contributed by atoms with Crippen LogP contribution in [0, 0.1) is 17.8 Å². The Balaban J connectivity index is 1.95. The monoisotopic (exact) mass is 255 g/mol. The van der Waals surface area contributed by atoms with Crippen molar-refractivity contribution in [2.45, 2.75) is 65.8 Å². The average molecular weight is 255 g/mol. The molecule has 0 aliphatic heterocycles. The van der Waals surface area contributed by atoms with E-state index in [0.29, 0.717) is 5.92 Å². The van der Waals surface area contributed by atoms with Gasteiger partial charge in [-0.05, 0) is 56.4 Å². The number of hydrogen-bond donors (Lipinski definition) is 1. The lowest BCUT2D eigenvalue weighted by Gasteiger charge is -2.31. The summed E-state index contributed by atoms with van der Waals surface area (Å²) >= 11 is 0. The van der Waals surface area contributed by atoms with Crippen molar-refractivity contribution in [1.29, 1.82) is 0 Å². The maximum atomic E-state index is 5.59. The van der Waals surface area contributed by atoms with Gasteiger partial charge in [-0.3, -0.25) is 0 Å². The van der Waals surface area contributed by atoms with Crippen molar-refractivity contribution >= 4 is 0 Å². The summed E-state index contributed by atoms with van der Waals surface area (Å²) in [5.74, 6) is 2.50. The molecule has 2 heteroatoms. The number of hydrogen-bond acceptors (Lipinski definition) is 2. The third kappa shape index (κ3) is 6.75. The van der Waals surface area contributed by atoms with Gasteiger partial charge in [-0.25, -0.2) is 0 Å². The summed E-state index contributed by atoms with van der Waals surface area (Å²) in [7, 11) is 0. The highest BCUT2D eigenvalue weighted by Gasteiger charge is 2.22. The molecule has 0 amide bonds. The molecule has 1 aliphatic carbocycles. The second-order valence-corrected chi connectivity index (χ2v) is 6.63. The minimum Gasteiger partial charge on any atom is -0.381 e. The van der Waals surface area contributed by atoms with Crippen LogP contribution in [-0.4, -0.2) is 25.8 Å². The van der Waals surface area contributed by atoms with E-state index >= 15 is 0 Å². The molecule has 0 atom stereocenters. The van der Waals surface area contributed by atoms with Crippen LogP contribution in [0.4, 0.5) is 0 Å². The van der Waals surface area contributed by atoms with Crippen molar-refractivity contribution in [2.24, 2.45) is 17.8 Å². The standard InChI is InChI=1S/C16H33NO/c1-13(2)12-18-11-5-10-17-16-8-6-15(7-9-16)14(3)4/h13-17H,5-12H2,1-4H3. The van der Waals surface area contributed by atoms with Gasteiger partial charge in [0, 0.05) is 19.3 Å². The zero-order valence-corrected chi connectivity index (χ0v) is 12.9. The quantitative estimate of drug-likeness (QED) is 0.665. The van der Waals surface area contributed by atoms with Gasteiger partial charge in [0.05, 0.1) is 0 Å². The highest BCUT2D eigenvalue weighted by atomic mass is 16.5. The van der Waals surface area contributed by atoms with Crippen molar-refractivity contribution in [3.05, 3.63) is 0 Å². The lowest BCUT2D eigenvalue weighted by molar-refractivity contribution is 0.106. The van der Waals surface area contributed by atoms with Crippen molar-refractivity contribution in [1.82, 2.24) is 5.32 Å². The number of nitrogens with one attached hydrogen (secondary N) is 1. The fraction of sp³-hybridized carbons (Fsp3) is 1.00. The Labute approximate surface area is 114 Å². The van der Waals surface area contributed by atoms with Gasteiger partial charge in [0.1, 0.15) is 0 Å². The Bertz CT molecular complexity index is 195. The van der Waals surface area contributed by atoms with Crippen molar-refractivity contribution < 1.29 is 4.74 Å². The Morgan fingerprint density at radius 3 is 2.28 bits per heavy atom.